The van der Waals surface area contributed by atoms with Crippen molar-refractivity contribution in [1.29, 1.82) is 0 Å². The molecule has 1 aromatic heterocycles. The van der Waals surface area contributed by atoms with Crippen molar-refractivity contribution in [2.24, 2.45) is 0 Å². The molecule has 5 nitrogen and oxygen atoms in total. The van der Waals surface area contributed by atoms with Crippen LogP contribution in [0.4, 0.5) is 5.95 Å². The van der Waals surface area contributed by atoms with Gasteiger partial charge in [-0.15, -0.1) is 0 Å². The van der Waals surface area contributed by atoms with Gasteiger partial charge in [0.2, 0.25) is 5.95 Å². The molecule has 0 saturated carbocycles. The van der Waals surface area contributed by atoms with Gasteiger partial charge in [0.05, 0.1) is 15.9 Å². The van der Waals surface area contributed by atoms with Gasteiger partial charge < -0.3 is 4.57 Å². The number of aryl methyl sites for hydroxylation is 1. The number of benzene rings is 3. The van der Waals surface area contributed by atoms with Gasteiger partial charge >= 0.3 is 0 Å². The lowest BCUT2D eigenvalue weighted by atomic mass is 10.1. The zero-order valence-electron chi connectivity index (χ0n) is 13.7. The van der Waals surface area contributed by atoms with E-state index in [9.17, 15) is 8.42 Å². The van der Waals surface area contributed by atoms with Gasteiger partial charge in [-0.05, 0) is 42.0 Å². The first kappa shape index (κ1) is 15.7. The van der Waals surface area contributed by atoms with Gasteiger partial charge in [-0.3, -0.25) is 0 Å². The van der Waals surface area contributed by atoms with Gasteiger partial charge in [0.25, 0.3) is 10.0 Å². The fraction of sp³-hybridized carbons (Fsp3) is 0.105. The maximum atomic E-state index is 12.8. The zero-order chi connectivity index (χ0) is 17.4. The molecular formula is C19H17N3O2S. The van der Waals surface area contributed by atoms with E-state index in [0.29, 0.717) is 12.5 Å². The predicted molar refractivity (Wildman–Crippen MR) is 100 cm³/mol. The number of imidazole rings is 1. The Labute approximate surface area is 146 Å². The summed E-state index contributed by atoms with van der Waals surface area (Å²) >= 11 is 0. The van der Waals surface area contributed by atoms with Crippen molar-refractivity contribution in [1.82, 2.24) is 9.55 Å². The summed E-state index contributed by atoms with van der Waals surface area (Å²) < 4.78 is 30.1. The molecule has 3 aromatic carbocycles. The molecule has 126 valence electrons. The third kappa shape index (κ3) is 2.74. The third-order valence-corrected chi connectivity index (χ3v) is 5.55. The van der Waals surface area contributed by atoms with Crippen LogP contribution in [-0.4, -0.2) is 18.0 Å². The summed E-state index contributed by atoms with van der Waals surface area (Å²) in [4.78, 5) is 4.65. The molecule has 0 saturated heterocycles. The quantitative estimate of drug-likeness (QED) is 0.604. The van der Waals surface area contributed by atoms with Crippen molar-refractivity contribution in [2.45, 2.75) is 18.4 Å². The summed E-state index contributed by atoms with van der Waals surface area (Å²) in [6, 6.07) is 20.4. The number of hydrogen-bond donors (Lipinski definition) is 1. The van der Waals surface area contributed by atoms with Gasteiger partial charge in [0.15, 0.2) is 0 Å². The number of rotatable bonds is 4. The molecule has 0 aliphatic rings. The lowest BCUT2D eigenvalue weighted by molar-refractivity contribution is 0.600. The minimum absolute atomic E-state index is 0.223. The van der Waals surface area contributed by atoms with E-state index in [-0.39, 0.29) is 4.90 Å². The fourth-order valence-corrected chi connectivity index (χ4v) is 4.03. The molecule has 1 heterocycles. The molecule has 4 aromatic rings. The van der Waals surface area contributed by atoms with Crippen molar-refractivity contribution in [3.8, 4) is 0 Å². The van der Waals surface area contributed by atoms with Crippen molar-refractivity contribution >= 4 is 37.8 Å². The second-order valence-electron chi connectivity index (χ2n) is 5.78. The van der Waals surface area contributed by atoms with Crippen molar-refractivity contribution in [3.05, 3.63) is 66.7 Å². The lowest BCUT2D eigenvalue weighted by Gasteiger charge is -2.10. The van der Waals surface area contributed by atoms with E-state index < -0.39 is 10.0 Å². The second kappa shape index (κ2) is 5.89. The Morgan fingerprint density at radius 1 is 0.960 bits per heavy atom. The van der Waals surface area contributed by atoms with Gasteiger partial charge in [0.1, 0.15) is 0 Å². The topological polar surface area (TPSA) is 64.0 Å². The zero-order valence-corrected chi connectivity index (χ0v) is 14.5. The Morgan fingerprint density at radius 3 is 2.48 bits per heavy atom. The number of sulfonamides is 1. The van der Waals surface area contributed by atoms with E-state index in [0.717, 1.165) is 21.8 Å². The highest BCUT2D eigenvalue weighted by Crippen LogP contribution is 2.24. The molecule has 6 heteroatoms. The van der Waals surface area contributed by atoms with Crippen molar-refractivity contribution in [3.63, 3.8) is 0 Å². The molecular weight excluding hydrogens is 334 g/mol. The smallest absolute Gasteiger partial charge is 0.264 e. The summed E-state index contributed by atoms with van der Waals surface area (Å²) in [7, 11) is -3.72. The Bertz CT molecular complexity index is 1180. The summed E-state index contributed by atoms with van der Waals surface area (Å²) in [5.41, 5.74) is 1.67. The summed E-state index contributed by atoms with van der Waals surface area (Å²) in [5, 5.41) is 1.89. The molecule has 0 radical (unpaired) electrons. The molecule has 0 amide bonds. The van der Waals surface area contributed by atoms with E-state index in [2.05, 4.69) is 9.71 Å². The first-order chi connectivity index (χ1) is 12.1. The highest BCUT2D eigenvalue weighted by atomic mass is 32.2. The van der Waals surface area contributed by atoms with Gasteiger partial charge in [-0.1, -0.05) is 42.5 Å². The number of hydrogen-bond acceptors (Lipinski definition) is 3. The van der Waals surface area contributed by atoms with E-state index in [1.54, 1.807) is 12.1 Å². The van der Waals surface area contributed by atoms with Gasteiger partial charge in [0, 0.05) is 6.54 Å². The fourth-order valence-electron chi connectivity index (χ4n) is 2.99. The van der Waals surface area contributed by atoms with Crippen LogP contribution < -0.4 is 4.72 Å². The second-order valence-corrected chi connectivity index (χ2v) is 7.47. The largest absolute Gasteiger partial charge is 0.310 e. The van der Waals surface area contributed by atoms with Crippen LogP contribution in [0.1, 0.15) is 6.92 Å². The molecule has 0 aliphatic carbocycles. The standard InChI is InChI=1S/C19H17N3O2S/c1-2-22-18-10-6-5-9-17(18)20-19(22)21-25(23,24)16-12-11-14-7-3-4-8-15(14)13-16/h3-13H,2H2,1H3,(H,20,21). The first-order valence-corrected chi connectivity index (χ1v) is 9.54. The normalized spacial score (nSPS) is 11.9. The van der Waals surface area contributed by atoms with Crippen molar-refractivity contribution < 1.29 is 8.42 Å². The van der Waals surface area contributed by atoms with Gasteiger partial charge in [-0.25, -0.2) is 18.1 Å². The van der Waals surface area contributed by atoms with Crippen LogP contribution in [0.3, 0.4) is 0 Å². The maximum Gasteiger partial charge on any atom is 0.264 e. The third-order valence-electron chi connectivity index (χ3n) is 4.23. The monoisotopic (exact) mass is 351 g/mol. The van der Waals surface area contributed by atoms with Crippen LogP contribution in [0.25, 0.3) is 21.8 Å². The molecule has 0 aliphatic heterocycles. The van der Waals surface area contributed by atoms with Crippen molar-refractivity contribution in [2.75, 3.05) is 4.72 Å². The van der Waals surface area contributed by atoms with E-state index in [1.165, 1.54) is 0 Å². The van der Waals surface area contributed by atoms with Gasteiger partial charge in [-0.2, -0.15) is 0 Å². The molecule has 1 N–H and O–H groups in total. The molecule has 0 fully saturated rings. The van der Waals surface area contributed by atoms with Crippen LogP contribution >= 0.6 is 0 Å². The SMILES string of the molecule is CCn1c(NS(=O)(=O)c2ccc3ccccc3c2)nc2ccccc21. The number of fused-ring (bicyclic) bond motifs is 2. The lowest BCUT2D eigenvalue weighted by Crippen LogP contribution is -2.16. The summed E-state index contributed by atoms with van der Waals surface area (Å²) in [6.07, 6.45) is 0. The highest BCUT2D eigenvalue weighted by molar-refractivity contribution is 7.92. The number of nitrogens with one attached hydrogen (secondary N) is 1. The number of para-hydroxylation sites is 2. The minimum atomic E-state index is -3.72. The first-order valence-electron chi connectivity index (χ1n) is 8.05. The number of aromatic nitrogens is 2. The minimum Gasteiger partial charge on any atom is -0.310 e. The van der Waals surface area contributed by atoms with Crippen LogP contribution in [0.15, 0.2) is 71.6 Å². The maximum absolute atomic E-state index is 12.8. The molecule has 0 bridgehead atoms. The average molecular weight is 351 g/mol. The Kier molecular flexibility index (Phi) is 3.69. The molecule has 0 spiro atoms. The Hall–Kier alpha value is -2.86. The summed E-state index contributed by atoms with van der Waals surface area (Å²) in [5.74, 6) is 0.330. The average Bonchev–Trinajstić information content (AvgIpc) is 2.97. The van der Waals surface area contributed by atoms with Crippen LogP contribution in [0.2, 0.25) is 0 Å². The Morgan fingerprint density at radius 2 is 1.68 bits per heavy atom. The Balaban J connectivity index is 1.78. The van der Waals surface area contributed by atoms with E-state index in [4.69, 9.17) is 0 Å². The molecule has 0 unspecified atom stereocenters. The molecule has 4 rings (SSSR count). The predicted octanol–water partition coefficient (Wildman–Crippen LogP) is 4.01. The number of nitrogens with zero attached hydrogens (tertiary/aromatic N) is 2. The summed E-state index contributed by atoms with van der Waals surface area (Å²) in [6.45, 7) is 2.58. The van der Waals surface area contributed by atoms with Crippen LogP contribution in [0, 0.1) is 0 Å². The van der Waals surface area contributed by atoms with Crippen LogP contribution in [-0.2, 0) is 16.6 Å². The number of anilines is 1. The van der Waals surface area contributed by atoms with E-state index >= 15 is 0 Å². The highest BCUT2D eigenvalue weighted by Gasteiger charge is 2.19. The molecule has 0 atom stereocenters. The molecule has 25 heavy (non-hydrogen) atoms. The van der Waals surface area contributed by atoms with Crippen LogP contribution in [0.5, 0.6) is 0 Å². The van der Waals surface area contributed by atoms with E-state index in [1.807, 2.05) is 66.1 Å².